The van der Waals surface area contributed by atoms with Gasteiger partial charge in [0.05, 0.1) is 0 Å². The van der Waals surface area contributed by atoms with Gasteiger partial charge in [0.2, 0.25) is 0 Å². The number of hydrogen-bond donors (Lipinski definition) is 1. The summed E-state index contributed by atoms with van der Waals surface area (Å²) in [5.74, 6) is 0. The van der Waals surface area contributed by atoms with Crippen LogP contribution in [-0.4, -0.2) is 18.6 Å². The van der Waals surface area contributed by atoms with Gasteiger partial charge in [0, 0.05) is 29.9 Å². The van der Waals surface area contributed by atoms with Crippen molar-refractivity contribution in [2.24, 2.45) is 5.73 Å². The zero-order valence-electron chi connectivity index (χ0n) is 8.25. The number of halogens is 1. The first-order chi connectivity index (χ1) is 6.56. The van der Waals surface area contributed by atoms with E-state index in [4.69, 9.17) is 29.6 Å². The van der Waals surface area contributed by atoms with Crippen LogP contribution in [-0.2, 0) is 0 Å². The lowest BCUT2D eigenvalue weighted by Crippen LogP contribution is -2.21. The molecule has 0 aliphatic carbocycles. The summed E-state index contributed by atoms with van der Waals surface area (Å²) in [5.41, 5.74) is 7.47. The molecule has 1 rings (SSSR count). The fourth-order valence-electron chi connectivity index (χ4n) is 1.21. The number of thiocarbonyl (C=S) groups is 1. The van der Waals surface area contributed by atoms with Crippen LogP contribution in [0.2, 0.25) is 5.02 Å². The zero-order chi connectivity index (χ0) is 10.7. The highest BCUT2D eigenvalue weighted by molar-refractivity contribution is 7.80. The molecule has 14 heavy (non-hydrogen) atoms. The molecule has 0 atom stereocenters. The van der Waals surface area contributed by atoms with Crippen molar-refractivity contribution in [3.8, 4) is 0 Å². The van der Waals surface area contributed by atoms with Crippen LogP contribution in [0.15, 0.2) is 18.2 Å². The molecule has 4 heteroatoms. The van der Waals surface area contributed by atoms with E-state index in [0.29, 0.717) is 10.0 Å². The first-order valence-corrected chi connectivity index (χ1v) is 5.15. The van der Waals surface area contributed by atoms with E-state index in [9.17, 15) is 0 Å². The van der Waals surface area contributed by atoms with Crippen LogP contribution in [0.3, 0.4) is 0 Å². The molecule has 1 aromatic rings. The molecule has 0 unspecified atom stereocenters. The molecule has 0 fully saturated rings. The lowest BCUT2D eigenvalue weighted by atomic mass is 10.1. The third-order valence-corrected chi connectivity index (χ3v) is 2.56. The lowest BCUT2D eigenvalue weighted by molar-refractivity contribution is 0.967. The molecule has 0 radical (unpaired) electrons. The van der Waals surface area contributed by atoms with E-state index in [1.54, 1.807) is 6.07 Å². The standard InChI is InChI=1S/C10H13ClN2S/c1-3-13(2)9-5-4-7(11)6-8(9)10(12)14/h4-6H,3H2,1-2H3,(H2,12,14). The van der Waals surface area contributed by atoms with Gasteiger partial charge in [-0.05, 0) is 25.1 Å². The van der Waals surface area contributed by atoms with Crippen molar-refractivity contribution >= 4 is 34.5 Å². The summed E-state index contributed by atoms with van der Waals surface area (Å²) in [5, 5.41) is 0.654. The first-order valence-electron chi connectivity index (χ1n) is 4.36. The molecule has 2 N–H and O–H groups in total. The molecular formula is C10H13ClN2S. The second kappa shape index (κ2) is 4.62. The molecule has 2 nitrogen and oxygen atoms in total. The fourth-order valence-corrected chi connectivity index (χ4v) is 1.54. The molecule has 76 valence electrons. The van der Waals surface area contributed by atoms with Crippen LogP contribution in [0.1, 0.15) is 12.5 Å². The third-order valence-electron chi connectivity index (χ3n) is 2.11. The maximum absolute atomic E-state index is 5.88. The molecule has 0 heterocycles. The van der Waals surface area contributed by atoms with Gasteiger partial charge in [0.25, 0.3) is 0 Å². The van der Waals surface area contributed by atoms with Crippen molar-refractivity contribution in [2.75, 3.05) is 18.5 Å². The van der Waals surface area contributed by atoms with Crippen molar-refractivity contribution in [2.45, 2.75) is 6.92 Å². The minimum atomic E-state index is 0.378. The molecule has 0 saturated carbocycles. The Morgan fingerprint density at radius 1 is 1.57 bits per heavy atom. The van der Waals surface area contributed by atoms with E-state index in [2.05, 4.69) is 11.8 Å². The van der Waals surface area contributed by atoms with Gasteiger partial charge in [0.15, 0.2) is 0 Å². The van der Waals surface area contributed by atoms with Crippen LogP contribution in [0, 0.1) is 0 Å². The maximum Gasteiger partial charge on any atom is 0.106 e. The summed E-state index contributed by atoms with van der Waals surface area (Å²) in [7, 11) is 1.99. The topological polar surface area (TPSA) is 29.3 Å². The lowest BCUT2D eigenvalue weighted by Gasteiger charge is -2.20. The van der Waals surface area contributed by atoms with Gasteiger partial charge in [-0.15, -0.1) is 0 Å². The first kappa shape index (κ1) is 11.3. The smallest absolute Gasteiger partial charge is 0.106 e. The second-order valence-electron chi connectivity index (χ2n) is 3.04. The van der Waals surface area contributed by atoms with E-state index in [1.807, 2.05) is 19.2 Å². The Kier molecular flexibility index (Phi) is 3.72. The average Bonchev–Trinajstić information content (AvgIpc) is 2.16. The Morgan fingerprint density at radius 3 is 2.71 bits per heavy atom. The van der Waals surface area contributed by atoms with Crippen LogP contribution in [0.5, 0.6) is 0 Å². The Labute approximate surface area is 94.7 Å². The summed E-state index contributed by atoms with van der Waals surface area (Å²) >= 11 is 10.8. The molecular weight excluding hydrogens is 216 g/mol. The number of nitrogens with two attached hydrogens (primary N) is 1. The molecule has 0 spiro atoms. The van der Waals surface area contributed by atoms with Gasteiger partial charge in [-0.1, -0.05) is 23.8 Å². The van der Waals surface area contributed by atoms with Crippen LogP contribution in [0.25, 0.3) is 0 Å². The van der Waals surface area contributed by atoms with Gasteiger partial charge in [-0.2, -0.15) is 0 Å². The SMILES string of the molecule is CCN(C)c1ccc(Cl)cc1C(N)=S. The van der Waals surface area contributed by atoms with E-state index in [0.717, 1.165) is 17.8 Å². The summed E-state index contributed by atoms with van der Waals surface area (Å²) < 4.78 is 0. The summed E-state index contributed by atoms with van der Waals surface area (Å²) in [4.78, 5) is 2.45. The van der Waals surface area contributed by atoms with Gasteiger partial charge in [-0.25, -0.2) is 0 Å². The minimum Gasteiger partial charge on any atom is -0.389 e. The van der Waals surface area contributed by atoms with Crippen LogP contribution < -0.4 is 10.6 Å². The normalized spacial score (nSPS) is 9.93. The number of nitrogens with zero attached hydrogens (tertiary/aromatic N) is 1. The zero-order valence-corrected chi connectivity index (χ0v) is 9.82. The minimum absolute atomic E-state index is 0.378. The average molecular weight is 229 g/mol. The quantitative estimate of drug-likeness (QED) is 0.806. The summed E-state index contributed by atoms with van der Waals surface area (Å²) in [6.07, 6.45) is 0. The number of hydrogen-bond acceptors (Lipinski definition) is 2. The molecule has 0 saturated heterocycles. The largest absolute Gasteiger partial charge is 0.389 e. The maximum atomic E-state index is 5.88. The molecule has 0 aliphatic heterocycles. The molecule has 0 aliphatic rings. The predicted octanol–water partition coefficient (Wildman–Crippen LogP) is 2.43. The Morgan fingerprint density at radius 2 is 2.21 bits per heavy atom. The van der Waals surface area contributed by atoms with Crippen LogP contribution in [0.4, 0.5) is 5.69 Å². The number of rotatable bonds is 3. The Hall–Kier alpha value is -0.800. The van der Waals surface area contributed by atoms with E-state index in [-0.39, 0.29) is 0 Å². The third kappa shape index (κ3) is 2.36. The second-order valence-corrected chi connectivity index (χ2v) is 3.92. The van der Waals surface area contributed by atoms with E-state index >= 15 is 0 Å². The highest BCUT2D eigenvalue weighted by Crippen LogP contribution is 2.23. The fraction of sp³-hybridized carbons (Fsp3) is 0.300. The molecule has 0 bridgehead atoms. The highest BCUT2D eigenvalue weighted by atomic mass is 35.5. The van der Waals surface area contributed by atoms with E-state index < -0.39 is 0 Å². The highest BCUT2D eigenvalue weighted by Gasteiger charge is 2.08. The predicted molar refractivity (Wildman–Crippen MR) is 66.3 cm³/mol. The van der Waals surface area contributed by atoms with Crippen LogP contribution >= 0.6 is 23.8 Å². The van der Waals surface area contributed by atoms with Crippen molar-refractivity contribution in [3.63, 3.8) is 0 Å². The number of anilines is 1. The summed E-state index contributed by atoms with van der Waals surface area (Å²) in [6.45, 7) is 2.97. The Balaban J connectivity index is 3.21. The van der Waals surface area contributed by atoms with Gasteiger partial charge in [-0.3, -0.25) is 0 Å². The van der Waals surface area contributed by atoms with Gasteiger partial charge >= 0.3 is 0 Å². The molecule has 1 aromatic carbocycles. The van der Waals surface area contributed by atoms with Gasteiger partial charge in [0.1, 0.15) is 4.99 Å². The molecule has 0 amide bonds. The van der Waals surface area contributed by atoms with Crippen molar-refractivity contribution < 1.29 is 0 Å². The Bertz CT molecular complexity index is 352. The van der Waals surface area contributed by atoms with E-state index in [1.165, 1.54) is 0 Å². The summed E-state index contributed by atoms with van der Waals surface area (Å²) in [6, 6.07) is 5.57. The number of benzene rings is 1. The monoisotopic (exact) mass is 228 g/mol. The van der Waals surface area contributed by atoms with Crippen molar-refractivity contribution in [1.29, 1.82) is 0 Å². The van der Waals surface area contributed by atoms with Crippen molar-refractivity contribution in [1.82, 2.24) is 0 Å². The van der Waals surface area contributed by atoms with Crippen molar-refractivity contribution in [3.05, 3.63) is 28.8 Å². The molecule has 0 aromatic heterocycles. The van der Waals surface area contributed by atoms with Gasteiger partial charge < -0.3 is 10.6 Å².